The number of nitrogens with one attached hydrogen (secondary N) is 1. The summed E-state index contributed by atoms with van der Waals surface area (Å²) in [5.74, 6) is -0.479. The van der Waals surface area contributed by atoms with Gasteiger partial charge in [-0.15, -0.1) is 0 Å². The molecule has 0 saturated carbocycles. The first-order valence-corrected chi connectivity index (χ1v) is 9.45. The summed E-state index contributed by atoms with van der Waals surface area (Å²) in [6, 6.07) is 19.5. The number of hydrogen-bond donors (Lipinski definition) is 1. The number of anilines is 2. The fourth-order valence-corrected chi connectivity index (χ4v) is 3.38. The van der Waals surface area contributed by atoms with Crippen LogP contribution >= 0.6 is 0 Å². The lowest BCUT2D eigenvalue weighted by Crippen LogP contribution is -2.32. The van der Waals surface area contributed by atoms with Crippen LogP contribution in [0, 0.1) is 0 Å². The number of amides is 2. The van der Waals surface area contributed by atoms with Gasteiger partial charge in [-0.3, -0.25) is 14.4 Å². The first-order valence-electron chi connectivity index (χ1n) is 9.45. The summed E-state index contributed by atoms with van der Waals surface area (Å²) in [5.41, 5.74) is 2.48. The Bertz CT molecular complexity index is 1110. The van der Waals surface area contributed by atoms with E-state index in [9.17, 15) is 14.4 Å². The maximum atomic E-state index is 12.7. The van der Waals surface area contributed by atoms with Gasteiger partial charge in [-0.1, -0.05) is 36.4 Å². The number of rotatable bonds is 5. The number of nitrogens with zero attached hydrogens (tertiary/aromatic N) is 3. The molecule has 29 heavy (non-hydrogen) atoms. The van der Waals surface area contributed by atoms with Gasteiger partial charge in [0.15, 0.2) is 0 Å². The van der Waals surface area contributed by atoms with Crippen LogP contribution in [-0.2, 0) is 17.8 Å². The van der Waals surface area contributed by atoms with Gasteiger partial charge in [-0.25, -0.2) is 4.68 Å². The van der Waals surface area contributed by atoms with E-state index in [1.165, 1.54) is 16.8 Å². The van der Waals surface area contributed by atoms with Gasteiger partial charge < -0.3 is 10.2 Å². The number of aryl methyl sites for hydroxylation is 1. The zero-order chi connectivity index (χ0) is 20.2. The molecular weight excluding hydrogens is 368 g/mol. The van der Waals surface area contributed by atoms with Crippen molar-refractivity contribution in [2.75, 3.05) is 16.8 Å². The highest BCUT2D eigenvalue weighted by molar-refractivity contribution is 6.02. The second-order valence-electron chi connectivity index (χ2n) is 6.77. The van der Waals surface area contributed by atoms with Crippen LogP contribution in [0.2, 0.25) is 0 Å². The Balaban J connectivity index is 1.44. The van der Waals surface area contributed by atoms with Gasteiger partial charge in [-0.05, 0) is 36.2 Å². The average Bonchev–Trinajstić information content (AvgIpc) is 3.18. The van der Waals surface area contributed by atoms with E-state index in [1.807, 2.05) is 42.5 Å². The Labute approximate surface area is 167 Å². The van der Waals surface area contributed by atoms with E-state index in [1.54, 1.807) is 17.0 Å². The fourth-order valence-electron chi connectivity index (χ4n) is 3.38. The average molecular weight is 388 g/mol. The number of para-hydroxylation sites is 2. The van der Waals surface area contributed by atoms with E-state index < -0.39 is 5.91 Å². The molecule has 3 aromatic rings. The minimum atomic E-state index is -0.412. The highest BCUT2D eigenvalue weighted by Crippen LogP contribution is 2.27. The highest BCUT2D eigenvalue weighted by Gasteiger charge is 2.24. The summed E-state index contributed by atoms with van der Waals surface area (Å²) in [6.07, 6.45) is 0.959. The number of fused-ring (bicyclic) bond motifs is 1. The van der Waals surface area contributed by atoms with Crippen molar-refractivity contribution in [1.82, 2.24) is 9.78 Å². The third kappa shape index (κ3) is 4.08. The Kier molecular flexibility index (Phi) is 5.20. The number of carbonyl (C=O) groups is 2. The number of benzene rings is 2. The molecular formula is C22H20N4O3. The largest absolute Gasteiger partial charge is 0.321 e. The van der Waals surface area contributed by atoms with E-state index in [0.29, 0.717) is 12.2 Å². The normalized spacial score (nSPS) is 12.5. The molecule has 7 nitrogen and oxygen atoms in total. The molecule has 7 heteroatoms. The van der Waals surface area contributed by atoms with Crippen molar-refractivity contribution in [3.63, 3.8) is 0 Å². The van der Waals surface area contributed by atoms with E-state index in [4.69, 9.17) is 0 Å². The van der Waals surface area contributed by atoms with Crippen LogP contribution in [0.3, 0.4) is 0 Å². The molecule has 1 aromatic heterocycles. The van der Waals surface area contributed by atoms with Gasteiger partial charge in [0.1, 0.15) is 5.69 Å². The molecule has 2 amide bonds. The van der Waals surface area contributed by atoms with Crippen molar-refractivity contribution >= 4 is 23.2 Å². The van der Waals surface area contributed by atoms with Crippen molar-refractivity contribution in [2.24, 2.45) is 0 Å². The second-order valence-corrected chi connectivity index (χ2v) is 6.77. The first kappa shape index (κ1) is 18.6. The Hall–Kier alpha value is -3.74. The zero-order valence-electron chi connectivity index (χ0n) is 15.7. The summed E-state index contributed by atoms with van der Waals surface area (Å²) in [4.78, 5) is 38.9. The Morgan fingerprint density at radius 3 is 2.55 bits per heavy atom. The number of carbonyl (C=O) groups excluding carboxylic acids is 2. The number of aromatic nitrogens is 2. The van der Waals surface area contributed by atoms with E-state index in [-0.39, 0.29) is 30.1 Å². The monoisotopic (exact) mass is 388 g/mol. The molecule has 2 heterocycles. The van der Waals surface area contributed by atoms with Gasteiger partial charge >= 0.3 is 0 Å². The Morgan fingerprint density at radius 1 is 0.966 bits per heavy atom. The lowest BCUT2D eigenvalue weighted by molar-refractivity contribution is -0.118. The maximum Gasteiger partial charge on any atom is 0.276 e. The van der Waals surface area contributed by atoms with Crippen molar-refractivity contribution in [1.29, 1.82) is 0 Å². The summed E-state index contributed by atoms with van der Waals surface area (Å²) >= 11 is 0. The number of hydrogen-bond acceptors (Lipinski definition) is 4. The zero-order valence-corrected chi connectivity index (χ0v) is 15.7. The van der Waals surface area contributed by atoms with Crippen molar-refractivity contribution in [3.05, 3.63) is 88.3 Å². The van der Waals surface area contributed by atoms with Crippen LogP contribution in [0.1, 0.15) is 22.5 Å². The van der Waals surface area contributed by atoms with Gasteiger partial charge in [-0.2, -0.15) is 5.10 Å². The molecule has 2 aromatic carbocycles. The Morgan fingerprint density at radius 2 is 1.72 bits per heavy atom. The van der Waals surface area contributed by atoms with Crippen molar-refractivity contribution < 1.29 is 9.59 Å². The van der Waals surface area contributed by atoms with Crippen LogP contribution in [0.25, 0.3) is 0 Å². The minimum absolute atomic E-state index is 0.0669. The quantitative estimate of drug-likeness (QED) is 0.728. The molecule has 4 rings (SSSR count). The van der Waals surface area contributed by atoms with Crippen LogP contribution in [0.15, 0.2) is 71.5 Å². The summed E-state index contributed by atoms with van der Waals surface area (Å²) in [5, 5.41) is 6.87. The molecule has 1 aliphatic heterocycles. The molecule has 0 aliphatic carbocycles. The molecule has 0 spiro atoms. The molecule has 1 aliphatic rings. The standard InChI is InChI=1S/C22H20N4O3/c27-20(25-14-12-16-6-4-5-9-19(16)25)13-15-26-21(28)11-10-18(24-26)22(29)23-17-7-2-1-3-8-17/h1-11H,12-15H2,(H,23,29). The predicted molar refractivity (Wildman–Crippen MR) is 110 cm³/mol. The van der Waals surface area contributed by atoms with E-state index in [0.717, 1.165) is 17.7 Å². The molecule has 146 valence electrons. The minimum Gasteiger partial charge on any atom is -0.321 e. The predicted octanol–water partition coefficient (Wildman–Crippen LogP) is 2.48. The lowest BCUT2D eigenvalue weighted by atomic mass is 10.2. The first-order chi connectivity index (χ1) is 14.1. The van der Waals surface area contributed by atoms with Crippen molar-refractivity contribution in [3.8, 4) is 0 Å². The molecule has 0 fully saturated rings. The van der Waals surface area contributed by atoms with Crippen LogP contribution < -0.4 is 15.8 Å². The SMILES string of the molecule is O=C(Nc1ccccc1)c1ccc(=O)n(CCC(=O)N2CCc3ccccc32)n1. The second kappa shape index (κ2) is 8.10. The lowest BCUT2D eigenvalue weighted by Gasteiger charge is -2.17. The van der Waals surface area contributed by atoms with Gasteiger partial charge in [0.2, 0.25) is 5.91 Å². The van der Waals surface area contributed by atoms with E-state index >= 15 is 0 Å². The van der Waals surface area contributed by atoms with Crippen LogP contribution in [0.5, 0.6) is 0 Å². The molecule has 1 N–H and O–H groups in total. The molecule has 0 bridgehead atoms. The molecule has 0 saturated heterocycles. The molecule has 0 atom stereocenters. The van der Waals surface area contributed by atoms with Crippen molar-refractivity contribution in [2.45, 2.75) is 19.4 Å². The molecule has 0 radical (unpaired) electrons. The van der Waals surface area contributed by atoms with E-state index in [2.05, 4.69) is 10.4 Å². The van der Waals surface area contributed by atoms with Crippen LogP contribution in [0.4, 0.5) is 11.4 Å². The molecule has 0 unspecified atom stereocenters. The van der Waals surface area contributed by atoms with Crippen LogP contribution in [-0.4, -0.2) is 28.1 Å². The van der Waals surface area contributed by atoms with Gasteiger partial charge in [0.05, 0.1) is 6.54 Å². The topological polar surface area (TPSA) is 84.3 Å². The summed E-state index contributed by atoms with van der Waals surface area (Å²) < 4.78 is 1.17. The maximum absolute atomic E-state index is 12.7. The smallest absolute Gasteiger partial charge is 0.276 e. The third-order valence-electron chi connectivity index (χ3n) is 4.86. The third-order valence-corrected chi connectivity index (χ3v) is 4.86. The highest BCUT2D eigenvalue weighted by atomic mass is 16.2. The van der Waals surface area contributed by atoms with Gasteiger partial charge in [0, 0.05) is 30.4 Å². The summed E-state index contributed by atoms with van der Waals surface area (Å²) in [6.45, 7) is 0.753. The summed E-state index contributed by atoms with van der Waals surface area (Å²) in [7, 11) is 0. The van der Waals surface area contributed by atoms with Gasteiger partial charge in [0.25, 0.3) is 11.5 Å². The fraction of sp³-hybridized carbons (Fsp3) is 0.182.